The molecule has 0 amide bonds. The second kappa shape index (κ2) is 7.60. The van der Waals surface area contributed by atoms with Crippen molar-refractivity contribution >= 4 is 5.78 Å². The second-order valence-electron chi connectivity index (χ2n) is 6.26. The summed E-state index contributed by atoms with van der Waals surface area (Å²) in [5.41, 5.74) is 1.23. The summed E-state index contributed by atoms with van der Waals surface area (Å²) in [6.45, 7) is 3.96. The summed E-state index contributed by atoms with van der Waals surface area (Å²) in [4.78, 5) is 14.4. The van der Waals surface area contributed by atoms with Crippen molar-refractivity contribution in [2.75, 3.05) is 20.7 Å². The molecule has 2 atom stereocenters. The Hall–Kier alpha value is -1.35. The fourth-order valence-electron chi connectivity index (χ4n) is 3.27. The van der Waals surface area contributed by atoms with Gasteiger partial charge in [0.05, 0.1) is 7.11 Å². The Morgan fingerprint density at radius 3 is 2.90 bits per heavy atom. The Kier molecular flexibility index (Phi) is 5.80. The molecular formula is C18H27NO2. The minimum atomic E-state index is 0.222. The number of benzene rings is 1. The van der Waals surface area contributed by atoms with E-state index < -0.39 is 0 Å². The Morgan fingerprint density at radius 2 is 2.19 bits per heavy atom. The minimum Gasteiger partial charge on any atom is -0.497 e. The molecule has 116 valence electrons. The van der Waals surface area contributed by atoms with Gasteiger partial charge in [-0.1, -0.05) is 25.5 Å². The van der Waals surface area contributed by atoms with Crippen LogP contribution in [-0.4, -0.2) is 31.4 Å². The van der Waals surface area contributed by atoms with Crippen molar-refractivity contribution < 1.29 is 9.53 Å². The van der Waals surface area contributed by atoms with Crippen LogP contribution in [0.3, 0.4) is 0 Å². The molecule has 0 aromatic heterocycles. The maximum absolute atomic E-state index is 12.1. The van der Waals surface area contributed by atoms with Crippen LogP contribution in [0.5, 0.6) is 5.75 Å². The molecule has 0 bridgehead atoms. The molecule has 0 N–H and O–H groups in total. The highest BCUT2D eigenvalue weighted by Crippen LogP contribution is 2.29. The summed E-state index contributed by atoms with van der Waals surface area (Å²) in [6, 6.07) is 8.14. The summed E-state index contributed by atoms with van der Waals surface area (Å²) in [5.74, 6) is 2.30. The van der Waals surface area contributed by atoms with Crippen molar-refractivity contribution in [3.8, 4) is 5.75 Å². The van der Waals surface area contributed by atoms with Crippen molar-refractivity contribution in [3.05, 3.63) is 29.8 Å². The molecule has 0 aliphatic heterocycles. The molecule has 2 unspecified atom stereocenters. The van der Waals surface area contributed by atoms with Gasteiger partial charge in [-0.15, -0.1) is 0 Å². The fourth-order valence-corrected chi connectivity index (χ4v) is 3.27. The number of ketones is 1. The number of hydrogen-bond acceptors (Lipinski definition) is 3. The van der Waals surface area contributed by atoms with Crippen LogP contribution in [0.4, 0.5) is 0 Å². The van der Waals surface area contributed by atoms with Gasteiger partial charge in [0.2, 0.25) is 0 Å². The van der Waals surface area contributed by atoms with Gasteiger partial charge in [0.25, 0.3) is 0 Å². The number of carbonyl (C=O) groups excluding carboxylic acids is 1. The lowest BCUT2D eigenvalue weighted by molar-refractivity contribution is -0.126. The van der Waals surface area contributed by atoms with E-state index in [1.165, 1.54) is 12.0 Å². The zero-order valence-corrected chi connectivity index (χ0v) is 13.5. The van der Waals surface area contributed by atoms with Crippen LogP contribution in [0.2, 0.25) is 0 Å². The number of nitrogens with zero attached hydrogens (tertiary/aromatic N) is 1. The SMILES string of the molecule is CCC1CCC(=O)C(CN(C)Cc2cccc(OC)c2)C1. The molecule has 2 rings (SSSR count). The first-order valence-electron chi connectivity index (χ1n) is 7.96. The topological polar surface area (TPSA) is 29.5 Å². The van der Waals surface area contributed by atoms with E-state index in [2.05, 4.69) is 31.0 Å². The van der Waals surface area contributed by atoms with Crippen molar-refractivity contribution in [1.82, 2.24) is 4.90 Å². The highest BCUT2D eigenvalue weighted by Gasteiger charge is 2.28. The highest BCUT2D eigenvalue weighted by atomic mass is 16.5. The molecule has 0 radical (unpaired) electrons. The third kappa shape index (κ3) is 4.57. The molecule has 1 saturated carbocycles. The van der Waals surface area contributed by atoms with Gasteiger partial charge in [0, 0.05) is 25.4 Å². The van der Waals surface area contributed by atoms with Gasteiger partial charge >= 0.3 is 0 Å². The monoisotopic (exact) mass is 289 g/mol. The van der Waals surface area contributed by atoms with Crippen LogP contribution in [0.15, 0.2) is 24.3 Å². The first kappa shape index (κ1) is 16.0. The predicted molar refractivity (Wildman–Crippen MR) is 85.5 cm³/mol. The van der Waals surface area contributed by atoms with E-state index in [-0.39, 0.29) is 5.92 Å². The van der Waals surface area contributed by atoms with Crippen LogP contribution in [0.1, 0.15) is 38.2 Å². The number of hydrogen-bond donors (Lipinski definition) is 0. The number of ether oxygens (including phenoxy) is 1. The first-order valence-corrected chi connectivity index (χ1v) is 7.96. The summed E-state index contributed by atoms with van der Waals surface area (Å²) < 4.78 is 5.26. The van der Waals surface area contributed by atoms with Gasteiger partial charge in [0.15, 0.2) is 0 Å². The molecule has 3 nitrogen and oxygen atoms in total. The number of methoxy groups -OCH3 is 1. The molecule has 3 heteroatoms. The van der Waals surface area contributed by atoms with E-state index in [1.54, 1.807) is 7.11 Å². The maximum atomic E-state index is 12.1. The van der Waals surface area contributed by atoms with Crippen molar-refractivity contribution in [1.29, 1.82) is 0 Å². The van der Waals surface area contributed by atoms with E-state index in [0.29, 0.717) is 5.78 Å². The lowest BCUT2D eigenvalue weighted by Gasteiger charge is -2.30. The Balaban J connectivity index is 1.90. The number of rotatable bonds is 6. The summed E-state index contributed by atoms with van der Waals surface area (Å²) in [5, 5.41) is 0. The second-order valence-corrected chi connectivity index (χ2v) is 6.26. The van der Waals surface area contributed by atoms with Crippen molar-refractivity contribution in [2.45, 2.75) is 39.2 Å². The van der Waals surface area contributed by atoms with Crippen LogP contribution in [0.25, 0.3) is 0 Å². The normalized spacial score (nSPS) is 22.6. The first-order chi connectivity index (χ1) is 10.1. The minimum absolute atomic E-state index is 0.222. The lowest BCUT2D eigenvalue weighted by atomic mass is 9.79. The molecule has 1 fully saturated rings. The zero-order valence-electron chi connectivity index (χ0n) is 13.5. The molecule has 1 aliphatic rings. The molecule has 1 aromatic rings. The van der Waals surface area contributed by atoms with Gasteiger partial charge in [-0.05, 0) is 43.5 Å². The Bertz CT molecular complexity index is 472. The van der Waals surface area contributed by atoms with E-state index in [9.17, 15) is 4.79 Å². The predicted octanol–water partition coefficient (Wildman–Crippen LogP) is 3.52. The fraction of sp³-hybridized carbons (Fsp3) is 0.611. The van der Waals surface area contributed by atoms with Crippen LogP contribution in [0, 0.1) is 11.8 Å². The Morgan fingerprint density at radius 1 is 1.38 bits per heavy atom. The smallest absolute Gasteiger partial charge is 0.137 e. The molecule has 21 heavy (non-hydrogen) atoms. The molecule has 1 aromatic carbocycles. The summed E-state index contributed by atoms with van der Waals surface area (Å²) in [7, 11) is 3.79. The van der Waals surface area contributed by atoms with Gasteiger partial charge in [-0.2, -0.15) is 0 Å². The zero-order chi connectivity index (χ0) is 15.2. The van der Waals surface area contributed by atoms with Crippen molar-refractivity contribution in [3.63, 3.8) is 0 Å². The molecular weight excluding hydrogens is 262 g/mol. The van der Waals surface area contributed by atoms with Crippen LogP contribution in [-0.2, 0) is 11.3 Å². The molecule has 0 saturated heterocycles. The van der Waals surface area contributed by atoms with E-state index in [1.807, 2.05) is 12.1 Å². The third-order valence-electron chi connectivity index (χ3n) is 4.57. The van der Waals surface area contributed by atoms with E-state index in [4.69, 9.17) is 4.74 Å². The van der Waals surface area contributed by atoms with Gasteiger partial charge in [-0.3, -0.25) is 4.79 Å². The molecule has 1 aliphatic carbocycles. The van der Waals surface area contributed by atoms with E-state index >= 15 is 0 Å². The average Bonchev–Trinajstić information content (AvgIpc) is 2.49. The van der Waals surface area contributed by atoms with Crippen LogP contribution < -0.4 is 4.74 Å². The maximum Gasteiger partial charge on any atom is 0.137 e. The molecule has 0 heterocycles. The molecule has 0 spiro atoms. The average molecular weight is 289 g/mol. The summed E-state index contributed by atoms with van der Waals surface area (Å²) in [6.07, 6.45) is 4.13. The van der Waals surface area contributed by atoms with E-state index in [0.717, 1.165) is 44.0 Å². The highest BCUT2D eigenvalue weighted by molar-refractivity contribution is 5.81. The van der Waals surface area contributed by atoms with Crippen molar-refractivity contribution in [2.24, 2.45) is 11.8 Å². The lowest BCUT2D eigenvalue weighted by Crippen LogP contribution is -2.34. The van der Waals surface area contributed by atoms with Crippen LogP contribution >= 0.6 is 0 Å². The Labute approximate surface area is 128 Å². The van der Waals surface area contributed by atoms with Gasteiger partial charge in [0.1, 0.15) is 11.5 Å². The number of carbonyl (C=O) groups is 1. The van der Waals surface area contributed by atoms with Gasteiger partial charge < -0.3 is 9.64 Å². The standard InChI is InChI=1S/C18H27NO2/c1-4-14-8-9-18(20)16(10-14)13-19(2)12-15-6-5-7-17(11-15)21-3/h5-7,11,14,16H,4,8-10,12-13H2,1-3H3. The van der Waals surface area contributed by atoms with Gasteiger partial charge in [-0.25, -0.2) is 0 Å². The third-order valence-corrected chi connectivity index (χ3v) is 4.57. The largest absolute Gasteiger partial charge is 0.497 e. The number of Topliss-reactive ketones (excluding diaryl/α,β-unsaturated/α-hetero) is 1. The summed E-state index contributed by atoms with van der Waals surface area (Å²) >= 11 is 0. The quantitative estimate of drug-likeness (QED) is 0.802.